The number of carbonyl (C=O) groups excluding carboxylic acids is 2. The Kier molecular flexibility index (Phi) is 8.02. The van der Waals surface area contributed by atoms with Crippen LogP contribution in [0.25, 0.3) is 11.1 Å². The number of carbonyl (C=O) groups is 3. The van der Waals surface area contributed by atoms with Crippen LogP contribution in [-0.4, -0.2) is 35.7 Å². The third-order valence-corrected chi connectivity index (χ3v) is 6.63. The fraction of sp³-hybridized carbons (Fsp3) is 0.222. The van der Waals surface area contributed by atoms with Crippen molar-refractivity contribution >= 4 is 40.6 Å². The van der Waals surface area contributed by atoms with Crippen molar-refractivity contribution in [2.24, 2.45) is 0 Å². The summed E-state index contributed by atoms with van der Waals surface area (Å²) in [6.45, 7) is 0.376. The van der Waals surface area contributed by atoms with E-state index in [0.717, 1.165) is 31.4 Å². The molecular formula is C27H25IN2O5. The monoisotopic (exact) mass is 584 g/mol. The Labute approximate surface area is 217 Å². The summed E-state index contributed by atoms with van der Waals surface area (Å²) in [4.78, 5) is 36.5. The highest BCUT2D eigenvalue weighted by Gasteiger charge is 2.30. The van der Waals surface area contributed by atoms with Gasteiger partial charge in [-0.3, -0.25) is 9.59 Å². The third-order valence-electron chi connectivity index (χ3n) is 5.95. The average Bonchev–Trinajstić information content (AvgIpc) is 3.17. The number of halogens is 1. The zero-order chi connectivity index (χ0) is 24.8. The van der Waals surface area contributed by atoms with E-state index >= 15 is 0 Å². The number of hydrogen-bond acceptors (Lipinski definition) is 4. The average molecular weight is 584 g/mol. The van der Waals surface area contributed by atoms with Gasteiger partial charge in [-0.15, -0.1) is 0 Å². The second kappa shape index (κ2) is 11.4. The van der Waals surface area contributed by atoms with E-state index in [4.69, 9.17) is 9.84 Å². The first-order chi connectivity index (χ1) is 16.9. The highest BCUT2D eigenvalue weighted by Crippen LogP contribution is 2.44. The molecule has 0 fully saturated rings. The molecule has 1 atom stereocenters. The summed E-state index contributed by atoms with van der Waals surface area (Å²) in [6, 6.07) is 22.6. The number of rotatable bonds is 9. The summed E-state index contributed by atoms with van der Waals surface area (Å²) in [5.41, 5.74) is 5.31. The van der Waals surface area contributed by atoms with Crippen LogP contribution in [0.5, 0.6) is 0 Å². The molecule has 0 saturated carbocycles. The van der Waals surface area contributed by atoms with E-state index in [0.29, 0.717) is 0 Å². The Bertz CT molecular complexity index is 1200. The highest BCUT2D eigenvalue weighted by atomic mass is 127. The summed E-state index contributed by atoms with van der Waals surface area (Å²) in [6.07, 6.45) is -1.06. The summed E-state index contributed by atoms with van der Waals surface area (Å²) in [7, 11) is 0. The molecule has 3 aromatic rings. The van der Waals surface area contributed by atoms with E-state index < -0.39 is 24.0 Å². The van der Waals surface area contributed by atoms with Crippen molar-refractivity contribution in [2.75, 3.05) is 6.61 Å². The number of benzene rings is 3. The lowest BCUT2D eigenvalue weighted by Gasteiger charge is -2.19. The molecular weight excluding hydrogens is 559 g/mol. The quantitative estimate of drug-likeness (QED) is 0.317. The number of nitrogens with one attached hydrogen (secondary N) is 2. The molecule has 1 aliphatic carbocycles. The summed E-state index contributed by atoms with van der Waals surface area (Å²) < 4.78 is 6.56. The molecule has 3 N–H and O–H groups in total. The molecule has 0 saturated heterocycles. The van der Waals surface area contributed by atoms with E-state index in [2.05, 4.69) is 33.2 Å². The first-order valence-electron chi connectivity index (χ1n) is 11.3. The minimum Gasteiger partial charge on any atom is -0.481 e. The molecule has 0 radical (unpaired) electrons. The standard InChI is InChI=1S/C27H25IN2O5/c28-18-7-5-6-17(14-18)15-29-26(33)24(12-13-25(31)32)30-27(34)35-16-23-21-10-3-1-8-19(21)20-9-2-4-11-22(20)23/h1-11,14,23-24H,12-13,15-16H2,(H,29,33)(H,30,34)(H,31,32)/t24-/m0/s1. The molecule has 0 unspecified atom stereocenters. The lowest BCUT2D eigenvalue weighted by Crippen LogP contribution is -2.47. The van der Waals surface area contributed by atoms with Gasteiger partial charge in [-0.2, -0.15) is 0 Å². The second-order valence-corrected chi connectivity index (χ2v) is 9.55. The van der Waals surface area contributed by atoms with Gasteiger partial charge in [0.2, 0.25) is 5.91 Å². The van der Waals surface area contributed by atoms with E-state index in [1.165, 1.54) is 0 Å². The maximum absolute atomic E-state index is 12.8. The van der Waals surface area contributed by atoms with E-state index in [-0.39, 0.29) is 31.9 Å². The number of fused-ring (bicyclic) bond motifs is 3. The topological polar surface area (TPSA) is 105 Å². The molecule has 2 amide bonds. The van der Waals surface area contributed by atoms with Gasteiger partial charge in [-0.05, 0) is 69.0 Å². The Balaban J connectivity index is 1.39. The number of carboxylic acid groups (broad SMARTS) is 1. The van der Waals surface area contributed by atoms with Crippen LogP contribution in [-0.2, 0) is 20.9 Å². The van der Waals surface area contributed by atoms with Crippen molar-refractivity contribution in [3.05, 3.63) is 93.1 Å². The second-order valence-electron chi connectivity index (χ2n) is 8.30. The predicted octanol–water partition coefficient (Wildman–Crippen LogP) is 4.68. The third kappa shape index (κ3) is 6.19. The molecule has 3 aromatic carbocycles. The van der Waals surface area contributed by atoms with Gasteiger partial charge in [0.25, 0.3) is 0 Å². The maximum Gasteiger partial charge on any atom is 0.407 e. The molecule has 0 aromatic heterocycles. The van der Waals surface area contributed by atoms with Gasteiger partial charge in [-0.1, -0.05) is 60.7 Å². The number of hydrogen-bond donors (Lipinski definition) is 3. The van der Waals surface area contributed by atoms with E-state index in [1.54, 1.807) is 0 Å². The predicted molar refractivity (Wildman–Crippen MR) is 140 cm³/mol. The largest absolute Gasteiger partial charge is 0.481 e. The van der Waals surface area contributed by atoms with Gasteiger partial charge in [0.05, 0.1) is 0 Å². The fourth-order valence-corrected chi connectivity index (χ4v) is 4.89. The maximum atomic E-state index is 12.8. The van der Waals surface area contributed by atoms with Gasteiger partial charge in [0, 0.05) is 22.5 Å². The molecule has 0 aliphatic heterocycles. The van der Waals surface area contributed by atoms with Crippen molar-refractivity contribution in [1.29, 1.82) is 0 Å². The Morgan fingerprint density at radius 2 is 1.60 bits per heavy atom. The van der Waals surface area contributed by atoms with Gasteiger partial charge in [0.1, 0.15) is 12.6 Å². The van der Waals surface area contributed by atoms with Crippen molar-refractivity contribution < 1.29 is 24.2 Å². The lowest BCUT2D eigenvalue weighted by molar-refractivity contribution is -0.137. The van der Waals surface area contributed by atoms with Crippen LogP contribution in [0, 0.1) is 3.57 Å². The number of aliphatic carboxylic acids is 1. The Hall–Kier alpha value is -3.40. The van der Waals surface area contributed by atoms with Gasteiger partial charge < -0.3 is 20.5 Å². The summed E-state index contributed by atoms with van der Waals surface area (Å²) >= 11 is 2.19. The minimum absolute atomic E-state index is 0.0440. The van der Waals surface area contributed by atoms with Crippen molar-refractivity contribution in [3.63, 3.8) is 0 Å². The molecule has 0 bridgehead atoms. The van der Waals surface area contributed by atoms with Gasteiger partial charge >= 0.3 is 12.1 Å². The van der Waals surface area contributed by atoms with Crippen LogP contribution in [0.1, 0.15) is 35.4 Å². The number of amides is 2. The number of ether oxygens (including phenoxy) is 1. The van der Waals surface area contributed by atoms with Crippen molar-refractivity contribution in [2.45, 2.75) is 31.3 Å². The van der Waals surface area contributed by atoms with Crippen LogP contribution in [0.15, 0.2) is 72.8 Å². The number of carboxylic acids is 1. The molecule has 0 spiro atoms. The van der Waals surface area contributed by atoms with Crippen LogP contribution >= 0.6 is 22.6 Å². The molecule has 180 valence electrons. The first kappa shape index (κ1) is 24.7. The molecule has 4 rings (SSSR count). The molecule has 0 heterocycles. The molecule has 1 aliphatic rings. The highest BCUT2D eigenvalue weighted by molar-refractivity contribution is 14.1. The minimum atomic E-state index is -1.05. The van der Waals surface area contributed by atoms with Crippen LogP contribution in [0.4, 0.5) is 4.79 Å². The lowest BCUT2D eigenvalue weighted by atomic mass is 9.98. The Morgan fingerprint density at radius 1 is 0.943 bits per heavy atom. The summed E-state index contributed by atoms with van der Waals surface area (Å²) in [5, 5.41) is 14.4. The molecule has 7 nitrogen and oxygen atoms in total. The first-order valence-corrected chi connectivity index (χ1v) is 12.4. The SMILES string of the molecule is O=C(O)CC[C@H](NC(=O)OCC1c2ccccc2-c2ccccc21)C(=O)NCc1cccc(I)c1. The van der Waals surface area contributed by atoms with Crippen molar-refractivity contribution in [3.8, 4) is 11.1 Å². The zero-order valence-corrected chi connectivity index (χ0v) is 21.0. The summed E-state index contributed by atoms with van der Waals surface area (Å²) in [5.74, 6) is -1.62. The van der Waals surface area contributed by atoms with Crippen LogP contribution in [0.3, 0.4) is 0 Å². The zero-order valence-electron chi connectivity index (χ0n) is 18.9. The molecule has 8 heteroatoms. The van der Waals surface area contributed by atoms with Gasteiger partial charge in [0.15, 0.2) is 0 Å². The normalized spacial score (nSPS) is 12.8. The van der Waals surface area contributed by atoms with E-state index in [9.17, 15) is 14.4 Å². The van der Waals surface area contributed by atoms with Crippen LogP contribution < -0.4 is 10.6 Å². The fourth-order valence-electron chi connectivity index (χ4n) is 4.28. The van der Waals surface area contributed by atoms with E-state index in [1.807, 2.05) is 72.8 Å². The Morgan fingerprint density at radius 3 is 2.23 bits per heavy atom. The molecule has 35 heavy (non-hydrogen) atoms. The number of alkyl carbamates (subject to hydrolysis) is 1. The van der Waals surface area contributed by atoms with Crippen molar-refractivity contribution in [1.82, 2.24) is 10.6 Å². The van der Waals surface area contributed by atoms with Crippen LogP contribution in [0.2, 0.25) is 0 Å². The smallest absolute Gasteiger partial charge is 0.407 e. The van der Waals surface area contributed by atoms with Gasteiger partial charge in [-0.25, -0.2) is 4.79 Å².